The van der Waals surface area contributed by atoms with Gasteiger partial charge in [-0.1, -0.05) is 12.1 Å². The molecule has 4 nitrogen and oxygen atoms in total. The van der Waals surface area contributed by atoms with Crippen molar-refractivity contribution in [2.75, 3.05) is 19.0 Å². The Balaban J connectivity index is 1.89. The molecule has 104 valence electrons. The van der Waals surface area contributed by atoms with E-state index in [1.54, 1.807) is 0 Å². The van der Waals surface area contributed by atoms with Gasteiger partial charge in [-0.05, 0) is 43.4 Å². The molecule has 1 amide bonds. The fourth-order valence-corrected chi connectivity index (χ4v) is 2.15. The van der Waals surface area contributed by atoms with Gasteiger partial charge < -0.3 is 16.0 Å². The molecule has 4 heteroatoms. The summed E-state index contributed by atoms with van der Waals surface area (Å²) in [5, 5.41) is 2.93. The molecule has 2 rings (SSSR count). The normalized spacial score (nSPS) is 17.7. The lowest BCUT2D eigenvalue weighted by Crippen LogP contribution is -2.53. The summed E-state index contributed by atoms with van der Waals surface area (Å²) in [6, 6.07) is 8.15. The van der Waals surface area contributed by atoms with Crippen LogP contribution in [-0.2, 0) is 11.3 Å². The number of nitrogens with two attached hydrogens (primary N) is 1. The van der Waals surface area contributed by atoms with Crippen LogP contribution in [0.5, 0.6) is 0 Å². The van der Waals surface area contributed by atoms with E-state index in [4.69, 9.17) is 5.73 Å². The first-order chi connectivity index (χ1) is 8.91. The van der Waals surface area contributed by atoms with Crippen molar-refractivity contribution in [2.24, 2.45) is 11.7 Å². The highest BCUT2D eigenvalue weighted by Gasteiger charge is 2.43. The van der Waals surface area contributed by atoms with Crippen LogP contribution in [0.2, 0.25) is 0 Å². The molecule has 1 aliphatic rings. The minimum Gasteiger partial charge on any atom is -0.378 e. The molecular weight excluding hydrogens is 238 g/mol. The molecule has 0 heterocycles. The summed E-state index contributed by atoms with van der Waals surface area (Å²) in [6.45, 7) is 2.36. The number of rotatable bonds is 5. The van der Waals surface area contributed by atoms with Crippen LogP contribution in [0, 0.1) is 5.92 Å². The Hall–Kier alpha value is -1.55. The minimum absolute atomic E-state index is 0.0494. The zero-order valence-electron chi connectivity index (χ0n) is 11.9. The summed E-state index contributed by atoms with van der Waals surface area (Å²) in [6.07, 6.45) is 2.13. The van der Waals surface area contributed by atoms with Crippen molar-refractivity contribution in [3.63, 3.8) is 0 Å². The van der Waals surface area contributed by atoms with Gasteiger partial charge in [0.2, 0.25) is 5.91 Å². The van der Waals surface area contributed by atoms with Crippen molar-refractivity contribution in [3.05, 3.63) is 29.8 Å². The van der Waals surface area contributed by atoms with Gasteiger partial charge >= 0.3 is 0 Å². The zero-order valence-corrected chi connectivity index (χ0v) is 11.9. The van der Waals surface area contributed by atoms with Crippen LogP contribution in [-0.4, -0.2) is 25.5 Å². The summed E-state index contributed by atoms with van der Waals surface area (Å²) in [5.41, 5.74) is 7.59. The van der Waals surface area contributed by atoms with Gasteiger partial charge in [-0.3, -0.25) is 4.79 Å². The van der Waals surface area contributed by atoms with Crippen molar-refractivity contribution in [2.45, 2.75) is 31.8 Å². The van der Waals surface area contributed by atoms with Crippen molar-refractivity contribution >= 4 is 11.6 Å². The molecule has 1 aromatic carbocycles. The van der Waals surface area contributed by atoms with Gasteiger partial charge in [0, 0.05) is 26.3 Å². The van der Waals surface area contributed by atoms with E-state index in [2.05, 4.69) is 5.32 Å². The SMILES string of the molecule is CN(C)c1ccc(CNC(=O)C(C)(N)C2CC2)cc1. The molecule has 1 atom stereocenters. The van der Waals surface area contributed by atoms with E-state index in [1.165, 1.54) is 0 Å². The Bertz CT molecular complexity index is 447. The summed E-state index contributed by atoms with van der Waals surface area (Å²) in [4.78, 5) is 14.1. The largest absolute Gasteiger partial charge is 0.378 e. The maximum atomic E-state index is 12.1. The second kappa shape index (κ2) is 5.21. The number of benzene rings is 1. The van der Waals surface area contributed by atoms with Gasteiger partial charge in [-0.25, -0.2) is 0 Å². The Morgan fingerprint density at radius 3 is 2.42 bits per heavy atom. The molecule has 0 spiro atoms. The monoisotopic (exact) mass is 261 g/mol. The van der Waals surface area contributed by atoms with Crippen molar-refractivity contribution < 1.29 is 4.79 Å². The lowest BCUT2D eigenvalue weighted by molar-refractivity contribution is -0.126. The highest BCUT2D eigenvalue weighted by atomic mass is 16.2. The van der Waals surface area contributed by atoms with Crippen molar-refractivity contribution in [1.29, 1.82) is 0 Å². The van der Waals surface area contributed by atoms with Crippen LogP contribution in [0.15, 0.2) is 24.3 Å². The van der Waals surface area contributed by atoms with E-state index in [9.17, 15) is 4.79 Å². The van der Waals surface area contributed by atoms with Crippen LogP contribution in [0.4, 0.5) is 5.69 Å². The van der Waals surface area contributed by atoms with E-state index in [0.717, 1.165) is 24.1 Å². The molecule has 0 radical (unpaired) electrons. The molecule has 1 aliphatic carbocycles. The van der Waals surface area contributed by atoms with Gasteiger partial charge in [0.1, 0.15) is 0 Å². The first-order valence-corrected chi connectivity index (χ1v) is 6.74. The smallest absolute Gasteiger partial charge is 0.240 e. The fourth-order valence-electron chi connectivity index (χ4n) is 2.15. The standard InChI is InChI=1S/C15H23N3O/c1-15(16,12-6-7-12)14(19)17-10-11-4-8-13(9-5-11)18(2)3/h4-5,8-9,12H,6-7,10,16H2,1-3H3,(H,17,19). The molecule has 3 N–H and O–H groups in total. The molecule has 19 heavy (non-hydrogen) atoms. The number of carbonyl (C=O) groups excluding carboxylic acids is 1. The first-order valence-electron chi connectivity index (χ1n) is 6.74. The summed E-state index contributed by atoms with van der Waals surface area (Å²) >= 11 is 0. The molecule has 0 aromatic heterocycles. The second-order valence-electron chi connectivity index (χ2n) is 5.80. The topological polar surface area (TPSA) is 58.4 Å². The molecule has 1 unspecified atom stereocenters. The maximum absolute atomic E-state index is 12.1. The number of nitrogens with one attached hydrogen (secondary N) is 1. The first kappa shape index (κ1) is 13.9. The van der Waals surface area contributed by atoms with Gasteiger partial charge in [0.25, 0.3) is 0 Å². The average molecular weight is 261 g/mol. The Morgan fingerprint density at radius 2 is 1.95 bits per heavy atom. The van der Waals surface area contributed by atoms with Crippen molar-refractivity contribution in [3.8, 4) is 0 Å². The number of amides is 1. The van der Waals surface area contributed by atoms with Gasteiger partial charge in [-0.15, -0.1) is 0 Å². The number of carbonyl (C=O) groups is 1. The predicted octanol–water partition coefficient (Wildman–Crippen LogP) is 1.50. The van der Waals surface area contributed by atoms with Gasteiger partial charge in [0.05, 0.1) is 5.54 Å². The Morgan fingerprint density at radius 1 is 1.37 bits per heavy atom. The number of nitrogens with zero attached hydrogens (tertiary/aromatic N) is 1. The molecule has 0 aliphatic heterocycles. The van der Waals surface area contributed by atoms with Gasteiger partial charge in [-0.2, -0.15) is 0 Å². The molecule has 0 bridgehead atoms. The van der Waals surface area contributed by atoms with Crippen LogP contribution >= 0.6 is 0 Å². The van der Waals surface area contributed by atoms with E-state index in [0.29, 0.717) is 12.5 Å². The van der Waals surface area contributed by atoms with Crippen LogP contribution in [0.3, 0.4) is 0 Å². The van der Waals surface area contributed by atoms with Crippen LogP contribution in [0.1, 0.15) is 25.3 Å². The van der Waals surface area contributed by atoms with E-state index < -0.39 is 5.54 Å². The molecule has 1 fully saturated rings. The summed E-state index contributed by atoms with van der Waals surface area (Å²) < 4.78 is 0. The second-order valence-corrected chi connectivity index (χ2v) is 5.80. The van der Waals surface area contributed by atoms with E-state index in [1.807, 2.05) is 50.2 Å². The van der Waals surface area contributed by atoms with Crippen LogP contribution in [0.25, 0.3) is 0 Å². The lowest BCUT2D eigenvalue weighted by atomic mass is 9.96. The number of anilines is 1. The molecular formula is C15H23N3O. The van der Waals surface area contributed by atoms with Gasteiger partial charge in [0.15, 0.2) is 0 Å². The molecule has 0 saturated heterocycles. The molecule has 1 aromatic rings. The maximum Gasteiger partial charge on any atom is 0.240 e. The van der Waals surface area contributed by atoms with E-state index >= 15 is 0 Å². The number of hydrogen-bond acceptors (Lipinski definition) is 3. The summed E-state index contributed by atoms with van der Waals surface area (Å²) in [7, 11) is 4.01. The Labute approximate surface area is 115 Å². The molecule has 1 saturated carbocycles. The quantitative estimate of drug-likeness (QED) is 0.844. The van der Waals surface area contributed by atoms with Crippen LogP contribution < -0.4 is 16.0 Å². The Kier molecular flexibility index (Phi) is 3.80. The average Bonchev–Trinajstić information content (AvgIpc) is 3.20. The zero-order chi connectivity index (χ0) is 14.0. The van der Waals surface area contributed by atoms with Crippen molar-refractivity contribution in [1.82, 2.24) is 5.32 Å². The minimum atomic E-state index is -0.719. The highest BCUT2D eigenvalue weighted by Crippen LogP contribution is 2.38. The third-order valence-corrected chi connectivity index (χ3v) is 3.82. The lowest BCUT2D eigenvalue weighted by Gasteiger charge is -2.23. The predicted molar refractivity (Wildman–Crippen MR) is 77.9 cm³/mol. The summed E-state index contributed by atoms with van der Waals surface area (Å²) in [5.74, 6) is 0.301. The third kappa shape index (κ3) is 3.26. The fraction of sp³-hybridized carbons (Fsp3) is 0.533. The number of hydrogen-bond donors (Lipinski definition) is 2. The van der Waals surface area contributed by atoms with E-state index in [-0.39, 0.29) is 5.91 Å². The third-order valence-electron chi connectivity index (χ3n) is 3.82. The highest BCUT2D eigenvalue weighted by molar-refractivity contribution is 5.86.